The van der Waals surface area contributed by atoms with Crippen molar-refractivity contribution < 1.29 is 0 Å². The van der Waals surface area contributed by atoms with Crippen LogP contribution in [0, 0.1) is 6.92 Å². The summed E-state index contributed by atoms with van der Waals surface area (Å²) >= 11 is 8.02. The topological polar surface area (TPSA) is 67.1 Å². The molecular formula is C20H25ClN6S. The van der Waals surface area contributed by atoms with Gasteiger partial charge in [-0.05, 0) is 42.8 Å². The van der Waals surface area contributed by atoms with Gasteiger partial charge in [-0.1, -0.05) is 35.9 Å². The lowest BCUT2D eigenvalue weighted by molar-refractivity contribution is 0.746. The Labute approximate surface area is 174 Å². The Kier molecular flexibility index (Phi) is 7.45. The number of aryl methyl sites for hydroxylation is 1. The molecule has 1 aromatic carbocycles. The standard InChI is InChI=1S/C20H25ClN6S/c1-15-25-26-19(27(15)2)14-24-20(23-12-10-17-7-5-13-28-17)22-11-9-16-6-3-4-8-18(16)21/h3-8,13H,9-12,14H2,1-2H3,(H2,22,23,24). The number of rotatable bonds is 8. The van der Waals surface area contributed by atoms with Crippen LogP contribution in [0.5, 0.6) is 0 Å². The first-order valence-corrected chi connectivity index (χ1v) is 10.5. The summed E-state index contributed by atoms with van der Waals surface area (Å²) in [7, 11) is 1.95. The van der Waals surface area contributed by atoms with Crippen molar-refractivity contribution in [3.8, 4) is 0 Å². The van der Waals surface area contributed by atoms with E-state index < -0.39 is 0 Å². The van der Waals surface area contributed by atoms with Gasteiger partial charge in [0.05, 0.1) is 0 Å². The number of nitrogens with one attached hydrogen (secondary N) is 2. The van der Waals surface area contributed by atoms with Crippen LogP contribution in [0.3, 0.4) is 0 Å². The summed E-state index contributed by atoms with van der Waals surface area (Å²) in [5, 5.41) is 18.0. The van der Waals surface area contributed by atoms with Crippen molar-refractivity contribution in [2.45, 2.75) is 26.3 Å². The Bertz CT molecular complexity index is 903. The molecule has 28 heavy (non-hydrogen) atoms. The molecule has 3 rings (SSSR count). The number of aliphatic imine (C=N–C) groups is 1. The average molecular weight is 417 g/mol. The van der Waals surface area contributed by atoms with Gasteiger partial charge in [-0.25, -0.2) is 4.99 Å². The summed E-state index contributed by atoms with van der Waals surface area (Å²) in [4.78, 5) is 6.04. The van der Waals surface area contributed by atoms with Crippen molar-refractivity contribution in [3.05, 3.63) is 68.9 Å². The first kappa shape index (κ1) is 20.4. The third kappa shape index (κ3) is 5.81. The fourth-order valence-corrected chi connectivity index (χ4v) is 3.63. The highest BCUT2D eigenvalue weighted by Crippen LogP contribution is 2.14. The van der Waals surface area contributed by atoms with E-state index in [4.69, 9.17) is 11.6 Å². The normalized spacial score (nSPS) is 11.6. The molecule has 0 radical (unpaired) electrons. The molecule has 0 aliphatic carbocycles. The van der Waals surface area contributed by atoms with Gasteiger partial charge in [0, 0.05) is 30.0 Å². The SMILES string of the molecule is Cc1nnc(CN=C(NCCc2cccs2)NCCc2ccccc2Cl)n1C. The molecule has 0 aliphatic heterocycles. The largest absolute Gasteiger partial charge is 0.356 e. The van der Waals surface area contributed by atoms with E-state index in [1.165, 1.54) is 4.88 Å². The third-order valence-corrected chi connectivity index (χ3v) is 5.75. The van der Waals surface area contributed by atoms with Crippen molar-refractivity contribution >= 4 is 28.9 Å². The van der Waals surface area contributed by atoms with Crippen molar-refractivity contribution in [2.75, 3.05) is 13.1 Å². The monoisotopic (exact) mass is 416 g/mol. The highest BCUT2D eigenvalue weighted by atomic mass is 35.5. The number of guanidine groups is 1. The Morgan fingerprint density at radius 3 is 2.57 bits per heavy atom. The molecule has 0 spiro atoms. The van der Waals surface area contributed by atoms with E-state index in [1.54, 1.807) is 11.3 Å². The first-order chi connectivity index (χ1) is 13.6. The summed E-state index contributed by atoms with van der Waals surface area (Å²) in [6.45, 7) is 3.96. The van der Waals surface area contributed by atoms with Gasteiger partial charge in [-0.15, -0.1) is 21.5 Å². The summed E-state index contributed by atoms with van der Waals surface area (Å²) < 4.78 is 1.95. The average Bonchev–Trinajstić information content (AvgIpc) is 3.32. The molecule has 2 N–H and O–H groups in total. The molecule has 2 heterocycles. The van der Waals surface area contributed by atoms with E-state index in [0.29, 0.717) is 6.54 Å². The Hall–Kier alpha value is -2.38. The molecule has 0 saturated heterocycles. The second-order valence-corrected chi connectivity index (χ2v) is 7.85. The number of halogens is 1. The summed E-state index contributed by atoms with van der Waals surface area (Å²) in [6, 6.07) is 12.1. The number of hydrogen-bond acceptors (Lipinski definition) is 4. The fraction of sp³-hybridized carbons (Fsp3) is 0.350. The molecule has 0 aliphatic rings. The molecule has 0 bridgehead atoms. The van der Waals surface area contributed by atoms with Gasteiger partial charge >= 0.3 is 0 Å². The van der Waals surface area contributed by atoms with Crippen LogP contribution in [-0.4, -0.2) is 33.8 Å². The van der Waals surface area contributed by atoms with E-state index in [1.807, 2.05) is 42.8 Å². The quantitative estimate of drug-likeness (QED) is 0.436. The predicted octanol–water partition coefficient (Wildman–Crippen LogP) is 3.36. The number of benzene rings is 1. The van der Waals surface area contributed by atoms with E-state index in [9.17, 15) is 0 Å². The molecule has 0 amide bonds. The van der Waals surface area contributed by atoms with Gasteiger partial charge in [-0.3, -0.25) is 0 Å². The van der Waals surface area contributed by atoms with Crippen molar-refractivity contribution in [2.24, 2.45) is 12.0 Å². The minimum absolute atomic E-state index is 0.470. The van der Waals surface area contributed by atoms with Gasteiger partial charge in [0.15, 0.2) is 11.8 Å². The van der Waals surface area contributed by atoms with Crippen LogP contribution < -0.4 is 10.6 Å². The van der Waals surface area contributed by atoms with Gasteiger partial charge in [0.25, 0.3) is 0 Å². The molecule has 148 valence electrons. The second kappa shape index (κ2) is 10.2. The summed E-state index contributed by atoms with van der Waals surface area (Å²) in [5.41, 5.74) is 1.12. The van der Waals surface area contributed by atoms with E-state index >= 15 is 0 Å². The maximum atomic E-state index is 6.25. The molecule has 3 aromatic rings. The molecule has 2 aromatic heterocycles. The van der Waals surface area contributed by atoms with Gasteiger partial charge in [-0.2, -0.15) is 0 Å². The Morgan fingerprint density at radius 2 is 1.89 bits per heavy atom. The summed E-state index contributed by atoms with van der Waals surface area (Å²) in [5.74, 6) is 2.48. The summed E-state index contributed by atoms with van der Waals surface area (Å²) in [6.07, 6.45) is 1.79. The molecular weight excluding hydrogens is 392 g/mol. The van der Waals surface area contributed by atoms with Crippen LogP contribution in [0.25, 0.3) is 0 Å². The number of aromatic nitrogens is 3. The Morgan fingerprint density at radius 1 is 1.11 bits per heavy atom. The van der Waals surface area contributed by atoms with Crippen molar-refractivity contribution in [1.29, 1.82) is 0 Å². The molecule has 0 saturated carbocycles. The molecule has 0 atom stereocenters. The van der Waals surface area contributed by atoms with Crippen LogP contribution >= 0.6 is 22.9 Å². The van der Waals surface area contributed by atoms with Gasteiger partial charge < -0.3 is 15.2 Å². The molecule has 6 nitrogen and oxygen atoms in total. The minimum atomic E-state index is 0.470. The molecule has 0 unspecified atom stereocenters. The van der Waals surface area contributed by atoms with E-state index in [-0.39, 0.29) is 0 Å². The maximum absolute atomic E-state index is 6.25. The zero-order valence-electron chi connectivity index (χ0n) is 16.2. The third-order valence-electron chi connectivity index (χ3n) is 4.45. The lowest BCUT2D eigenvalue weighted by Crippen LogP contribution is -2.39. The number of hydrogen-bond donors (Lipinski definition) is 2. The van der Waals surface area contributed by atoms with Crippen LogP contribution in [0.15, 0.2) is 46.8 Å². The first-order valence-electron chi connectivity index (χ1n) is 9.26. The maximum Gasteiger partial charge on any atom is 0.191 e. The van der Waals surface area contributed by atoms with Crippen LogP contribution in [-0.2, 0) is 26.4 Å². The van der Waals surface area contributed by atoms with Gasteiger partial charge in [0.2, 0.25) is 0 Å². The Balaban J connectivity index is 1.58. The zero-order valence-corrected chi connectivity index (χ0v) is 17.7. The van der Waals surface area contributed by atoms with Crippen molar-refractivity contribution in [1.82, 2.24) is 25.4 Å². The minimum Gasteiger partial charge on any atom is -0.356 e. The second-order valence-electron chi connectivity index (χ2n) is 6.41. The number of thiophene rings is 1. The number of nitrogens with zero attached hydrogens (tertiary/aromatic N) is 4. The van der Waals surface area contributed by atoms with Crippen LogP contribution in [0.4, 0.5) is 0 Å². The lowest BCUT2D eigenvalue weighted by atomic mass is 10.1. The van der Waals surface area contributed by atoms with Crippen molar-refractivity contribution in [3.63, 3.8) is 0 Å². The lowest BCUT2D eigenvalue weighted by Gasteiger charge is -2.13. The highest BCUT2D eigenvalue weighted by molar-refractivity contribution is 7.09. The van der Waals surface area contributed by atoms with Crippen LogP contribution in [0.2, 0.25) is 5.02 Å². The highest BCUT2D eigenvalue weighted by Gasteiger charge is 2.06. The van der Waals surface area contributed by atoms with E-state index in [0.717, 1.165) is 54.1 Å². The van der Waals surface area contributed by atoms with E-state index in [2.05, 4.69) is 43.3 Å². The van der Waals surface area contributed by atoms with Crippen LogP contribution in [0.1, 0.15) is 22.1 Å². The predicted molar refractivity (Wildman–Crippen MR) is 116 cm³/mol. The zero-order chi connectivity index (χ0) is 19.8. The molecule has 0 fully saturated rings. The van der Waals surface area contributed by atoms with Gasteiger partial charge in [0.1, 0.15) is 12.4 Å². The molecule has 8 heteroatoms. The smallest absolute Gasteiger partial charge is 0.191 e. The fourth-order valence-electron chi connectivity index (χ4n) is 2.69.